The maximum Gasteiger partial charge on any atom is 0.355 e. The third kappa shape index (κ3) is 4.48. The molecule has 2 aliphatic rings. The summed E-state index contributed by atoms with van der Waals surface area (Å²) in [6.07, 6.45) is 0.0278. The second-order valence-electron chi connectivity index (χ2n) is 10.5. The Balaban J connectivity index is 1.58. The Kier molecular flexibility index (Phi) is 6.84. The van der Waals surface area contributed by atoms with E-state index in [1.807, 2.05) is 25.1 Å². The lowest BCUT2D eigenvalue weighted by atomic mass is 9.89. The van der Waals surface area contributed by atoms with Gasteiger partial charge in [-0.2, -0.15) is 0 Å². The smallest absolute Gasteiger partial charge is 0.355 e. The first-order valence-electron chi connectivity index (χ1n) is 12.9. The first-order valence-corrected chi connectivity index (χ1v) is 12.9. The molecule has 1 aromatic carbocycles. The molecule has 0 aliphatic carbocycles. The lowest BCUT2D eigenvalue weighted by molar-refractivity contribution is -0.187. The predicted octanol–water partition coefficient (Wildman–Crippen LogP) is 0.861. The van der Waals surface area contributed by atoms with Crippen LogP contribution in [0.25, 0.3) is 22.3 Å². The van der Waals surface area contributed by atoms with Crippen molar-refractivity contribution in [1.82, 2.24) is 19.8 Å². The van der Waals surface area contributed by atoms with E-state index in [-0.39, 0.29) is 48.6 Å². The van der Waals surface area contributed by atoms with Crippen molar-refractivity contribution >= 4 is 28.7 Å². The van der Waals surface area contributed by atoms with Crippen LogP contribution in [0.15, 0.2) is 29.1 Å². The zero-order valence-corrected chi connectivity index (χ0v) is 22.7. The molecular formula is C28H31N5O7. The van der Waals surface area contributed by atoms with E-state index in [4.69, 9.17) is 20.2 Å². The number of phenolic OH excluding ortho intramolecular Hbond substituents is 1. The summed E-state index contributed by atoms with van der Waals surface area (Å²) < 4.78 is 12.5. The predicted molar refractivity (Wildman–Crippen MR) is 144 cm³/mol. The summed E-state index contributed by atoms with van der Waals surface area (Å²) >= 11 is 0. The molecule has 1 amide bonds. The molecule has 0 saturated carbocycles. The Morgan fingerprint density at radius 1 is 1.30 bits per heavy atom. The lowest BCUT2D eigenvalue weighted by Crippen LogP contribution is -2.49. The average molecular weight is 550 g/mol. The van der Waals surface area contributed by atoms with E-state index in [2.05, 4.69) is 5.32 Å². The molecule has 0 radical (unpaired) electrons. The number of amides is 1. The molecule has 2 aliphatic heterocycles. The molecule has 2 aromatic heterocycles. The highest BCUT2D eigenvalue weighted by atomic mass is 16.6. The quantitative estimate of drug-likeness (QED) is 0.281. The number of nitrogens with one attached hydrogen (secondary N) is 1. The highest BCUT2D eigenvalue weighted by molar-refractivity contribution is 5.91. The Morgan fingerprint density at radius 3 is 2.75 bits per heavy atom. The second kappa shape index (κ2) is 10.0. The van der Waals surface area contributed by atoms with E-state index in [9.17, 15) is 24.3 Å². The summed E-state index contributed by atoms with van der Waals surface area (Å²) in [7, 11) is 3.81. The molecule has 4 heterocycles. The number of benzene rings is 1. The molecule has 5 rings (SSSR count). The number of nitrogens with zero attached hydrogens (tertiary/aromatic N) is 3. The number of aromatic hydroxyl groups is 1. The molecule has 0 unspecified atom stereocenters. The molecule has 0 fully saturated rings. The molecule has 40 heavy (non-hydrogen) atoms. The fraction of sp³-hybridized carbons (Fsp3) is 0.393. The van der Waals surface area contributed by atoms with Gasteiger partial charge in [-0.05, 0) is 52.2 Å². The topological polar surface area (TPSA) is 166 Å². The van der Waals surface area contributed by atoms with Gasteiger partial charge in [0, 0.05) is 41.6 Å². The van der Waals surface area contributed by atoms with E-state index < -0.39 is 29.5 Å². The van der Waals surface area contributed by atoms with Crippen molar-refractivity contribution in [2.24, 2.45) is 5.73 Å². The van der Waals surface area contributed by atoms with Crippen molar-refractivity contribution in [1.29, 1.82) is 0 Å². The lowest BCUT2D eigenvalue weighted by Gasteiger charge is -2.34. The Bertz CT molecular complexity index is 1630. The first-order chi connectivity index (χ1) is 18.9. The zero-order chi connectivity index (χ0) is 28.9. The number of ether oxygens (including phenoxy) is 2. The normalized spacial score (nSPS) is 18.1. The van der Waals surface area contributed by atoms with Gasteiger partial charge in [0.1, 0.15) is 18.4 Å². The molecule has 210 valence electrons. The van der Waals surface area contributed by atoms with Gasteiger partial charge in [0.2, 0.25) is 11.5 Å². The number of phenols is 1. The standard InChI is InChI=1S/C28H31N5O7/c1-14(30-23(35)7-8-29)26(37)40-28(2)19-10-21-24-15(11-33(21)25(36)18(19)13-39-27(28)38)9-16-17(12-32(3)4)22(34)6-5-20(16)31-24/h5-6,9-10,14,34H,7-8,11-13,29H2,1-4H3,(H,30,35)/t14-,28-/m0/s1. The van der Waals surface area contributed by atoms with E-state index in [1.165, 1.54) is 13.8 Å². The number of rotatable bonds is 7. The monoisotopic (exact) mass is 549 g/mol. The van der Waals surface area contributed by atoms with Crippen LogP contribution in [0.1, 0.15) is 42.5 Å². The minimum absolute atomic E-state index is 0.0278. The van der Waals surface area contributed by atoms with E-state index in [0.29, 0.717) is 23.4 Å². The summed E-state index contributed by atoms with van der Waals surface area (Å²) in [6.45, 7) is 3.39. The molecule has 0 spiro atoms. The summed E-state index contributed by atoms with van der Waals surface area (Å²) in [6, 6.07) is 5.82. The van der Waals surface area contributed by atoms with Crippen LogP contribution in [0.5, 0.6) is 5.75 Å². The van der Waals surface area contributed by atoms with Crippen LogP contribution >= 0.6 is 0 Å². The van der Waals surface area contributed by atoms with E-state index in [0.717, 1.165) is 16.5 Å². The minimum atomic E-state index is -1.92. The van der Waals surface area contributed by atoms with Crippen molar-refractivity contribution in [2.75, 3.05) is 20.6 Å². The van der Waals surface area contributed by atoms with Crippen molar-refractivity contribution in [3.8, 4) is 17.1 Å². The Labute approximate surface area is 229 Å². The first kappa shape index (κ1) is 27.3. The van der Waals surface area contributed by atoms with Crippen LogP contribution in [0.3, 0.4) is 0 Å². The molecule has 12 heteroatoms. The zero-order valence-electron chi connectivity index (χ0n) is 22.7. The van der Waals surface area contributed by atoms with Gasteiger partial charge >= 0.3 is 11.9 Å². The molecule has 12 nitrogen and oxygen atoms in total. The molecule has 2 atom stereocenters. The van der Waals surface area contributed by atoms with Gasteiger partial charge in [-0.3, -0.25) is 9.59 Å². The number of carbonyl (C=O) groups excluding carboxylic acids is 3. The molecule has 0 bridgehead atoms. The van der Waals surface area contributed by atoms with Gasteiger partial charge in [0.05, 0.1) is 29.0 Å². The summed E-state index contributed by atoms with van der Waals surface area (Å²) in [5.74, 6) is -1.97. The van der Waals surface area contributed by atoms with Crippen LogP contribution in [-0.2, 0) is 49.2 Å². The van der Waals surface area contributed by atoms with Crippen molar-refractivity contribution in [3.05, 3.63) is 56.9 Å². The number of hydrogen-bond acceptors (Lipinski definition) is 10. The van der Waals surface area contributed by atoms with Crippen molar-refractivity contribution in [2.45, 2.75) is 51.6 Å². The third-order valence-corrected chi connectivity index (χ3v) is 7.27. The number of aromatic nitrogens is 2. The van der Waals surface area contributed by atoms with Gasteiger partial charge in [-0.1, -0.05) is 0 Å². The van der Waals surface area contributed by atoms with Crippen molar-refractivity contribution in [3.63, 3.8) is 0 Å². The third-order valence-electron chi connectivity index (χ3n) is 7.27. The Hall–Kier alpha value is -4.29. The number of carbonyl (C=O) groups is 3. The Morgan fingerprint density at radius 2 is 2.05 bits per heavy atom. The van der Waals surface area contributed by atoms with Crippen molar-refractivity contribution < 1.29 is 29.0 Å². The van der Waals surface area contributed by atoms with Crippen LogP contribution in [-0.4, -0.2) is 64.1 Å². The largest absolute Gasteiger partial charge is 0.508 e. The summed E-state index contributed by atoms with van der Waals surface area (Å²) in [5, 5.41) is 13.8. The van der Waals surface area contributed by atoms with Crippen LogP contribution in [0.4, 0.5) is 0 Å². The summed E-state index contributed by atoms with van der Waals surface area (Å²) in [4.78, 5) is 58.2. The second-order valence-corrected chi connectivity index (χ2v) is 10.5. The molecular weight excluding hydrogens is 518 g/mol. The van der Waals surface area contributed by atoms with Crippen LogP contribution in [0, 0.1) is 0 Å². The highest BCUT2D eigenvalue weighted by Crippen LogP contribution is 2.40. The fourth-order valence-corrected chi connectivity index (χ4v) is 5.21. The van der Waals surface area contributed by atoms with Gasteiger partial charge in [0.25, 0.3) is 5.56 Å². The molecule has 0 saturated heterocycles. The molecule has 4 N–H and O–H groups in total. The SMILES string of the molecule is C[C@H](NC(=O)CCN)C(=O)O[C@]1(C)C(=O)OCc2c1cc1n(c2=O)Cc2cc3c(CN(C)C)c(O)ccc3nc2-1. The van der Waals surface area contributed by atoms with Gasteiger partial charge in [-0.25, -0.2) is 14.6 Å². The van der Waals surface area contributed by atoms with Crippen LogP contribution < -0.4 is 16.6 Å². The number of fused-ring (bicyclic) bond motifs is 5. The van der Waals surface area contributed by atoms with Gasteiger partial charge < -0.3 is 35.1 Å². The maximum absolute atomic E-state index is 13.7. The fourth-order valence-electron chi connectivity index (χ4n) is 5.21. The average Bonchev–Trinajstić information content (AvgIpc) is 3.25. The summed E-state index contributed by atoms with van der Waals surface area (Å²) in [5.41, 5.74) is 6.68. The number of esters is 2. The van der Waals surface area contributed by atoms with E-state index >= 15 is 0 Å². The number of pyridine rings is 2. The number of hydrogen-bond donors (Lipinski definition) is 3. The molecule has 3 aromatic rings. The van der Waals surface area contributed by atoms with E-state index in [1.54, 1.807) is 22.8 Å². The van der Waals surface area contributed by atoms with Gasteiger partial charge in [-0.15, -0.1) is 0 Å². The number of cyclic esters (lactones) is 1. The van der Waals surface area contributed by atoms with Crippen LogP contribution in [0.2, 0.25) is 0 Å². The number of nitrogens with two attached hydrogens (primary N) is 1. The minimum Gasteiger partial charge on any atom is -0.508 e. The maximum atomic E-state index is 13.7. The van der Waals surface area contributed by atoms with Gasteiger partial charge in [0.15, 0.2) is 0 Å². The highest BCUT2D eigenvalue weighted by Gasteiger charge is 2.48.